The lowest BCUT2D eigenvalue weighted by Crippen LogP contribution is -2.30. The quantitative estimate of drug-likeness (QED) is 0.494. The van der Waals surface area contributed by atoms with Crippen molar-refractivity contribution in [2.45, 2.75) is 26.7 Å². The maximum Gasteiger partial charge on any atom is 0.137 e. The Balaban J connectivity index is 2.15. The molecule has 1 nitrogen and oxygen atoms in total. The Labute approximate surface area is 60.8 Å². The second-order valence-corrected chi connectivity index (χ2v) is 4.68. The van der Waals surface area contributed by atoms with E-state index >= 15 is 0 Å². The van der Waals surface area contributed by atoms with Crippen molar-refractivity contribution in [3.8, 4) is 0 Å². The summed E-state index contributed by atoms with van der Waals surface area (Å²) in [5.41, 5.74) is 0.929. The van der Waals surface area contributed by atoms with Crippen LogP contribution in [0.1, 0.15) is 26.7 Å². The molecule has 0 aromatic carbocycles. The zero-order valence-corrected chi connectivity index (χ0v) is 6.48. The Morgan fingerprint density at radius 3 is 2.40 bits per heavy atom. The molecule has 0 heterocycles. The lowest BCUT2D eigenvalue weighted by molar-refractivity contribution is -0.126. The normalized spacial score (nSPS) is 69.2. The van der Waals surface area contributed by atoms with Gasteiger partial charge in [0, 0.05) is 12.3 Å². The van der Waals surface area contributed by atoms with Crippen LogP contribution in [0.4, 0.5) is 0 Å². The molecule has 3 aliphatic rings. The van der Waals surface area contributed by atoms with E-state index in [1.165, 1.54) is 6.42 Å². The van der Waals surface area contributed by atoms with Crippen molar-refractivity contribution in [1.82, 2.24) is 0 Å². The third-order valence-corrected chi connectivity index (χ3v) is 4.77. The molecule has 2 unspecified atom stereocenters. The summed E-state index contributed by atoms with van der Waals surface area (Å²) in [5.74, 6) is 1.94. The maximum absolute atomic E-state index is 11.3. The van der Waals surface area contributed by atoms with Crippen LogP contribution >= 0.6 is 0 Å². The second kappa shape index (κ2) is 0.992. The van der Waals surface area contributed by atoms with E-state index in [2.05, 4.69) is 13.8 Å². The SMILES string of the molecule is CC12CC(=O)[C@H]3C[C@@H]1C32C. The minimum Gasteiger partial charge on any atom is -0.299 e. The third-order valence-electron chi connectivity index (χ3n) is 4.77. The van der Waals surface area contributed by atoms with Gasteiger partial charge in [-0.05, 0) is 23.2 Å². The van der Waals surface area contributed by atoms with Gasteiger partial charge in [0.25, 0.3) is 0 Å². The van der Waals surface area contributed by atoms with Gasteiger partial charge in [0.1, 0.15) is 5.78 Å². The molecule has 3 aliphatic carbocycles. The van der Waals surface area contributed by atoms with Crippen LogP contribution in [0.2, 0.25) is 0 Å². The van der Waals surface area contributed by atoms with Crippen LogP contribution in [-0.2, 0) is 4.79 Å². The van der Waals surface area contributed by atoms with Gasteiger partial charge in [-0.2, -0.15) is 0 Å². The van der Waals surface area contributed by atoms with E-state index < -0.39 is 0 Å². The zero-order chi connectivity index (χ0) is 7.15. The summed E-state index contributed by atoms with van der Waals surface area (Å²) in [6.45, 7) is 4.60. The first kappa shape index (κ1) is 5.34. The molecule has 0 radical (unpaired) electrons. The van der Waals surface area contributed by atoms with Crippen molar-refractivity contribution in [2.75, 3.05) is 0 Å². The lowest BCUT2D eigenvalue weighted by atomic mass is 9.73. The molecule has 0 aromatic rings. The fraction of sp³-hybridized carbons (Fsp3) is 0.889. The van der Waals surface area contributed by atoms with Crippen LogP contribution < -0.4 is 0 Å². The molecule has 3 rings (SSSR count). The Morgan fingerprint density at radius 1 is 1.50 bits per heavy atom. The van der Waals surface area contributed by atoms with Gasteiger partial charge in [-0.15, -0.1) is 0 Å². The molecule has 3 saturated carbocycles. The molecule has 0 aromatic heterocycles. The number of fused-ring (bicyclic) bond motifs is 1. The number of carbonyl (C=O) groups excluding carboxylic acids is 1. The third kappa shape index (κ3) is 0.240. The zero-order valence-electron chi connectivity index (χ0n) is 6.48. The van der Waals surface area contributed by atoms with E-state index in [1.807, 2.05) is 0 Å². The van der Waals surface area contributed by atoms with Crippen molar-refractivity contribution in [1.29, 1.82) is 0 Å². The van der Waals surface area contributed by atoms with Crippen molar-refractivity contribution >= 4 is 5.78 Å². The first-order valence-electron chi connectivity index (χ1n) is 4.13. The van der Waals surface area contributed by atoms with Gasteiger partial charge in [-0.1, -0.05) is 13.8 Å². The highest BCUT2D eigenvalue weighted by Gasteiger charge is 2.85. The van der Waals surface area contributed by atoms with E-state index in [1.54, 1.807) is 0 Å². The van der Waals surface area contributed by atoms with E-state index in [-0.39, 0.29) is 0 Å². The molecule has 10 heavy (non-hydrogen) atoms. The fourth-order valence-electron chi connectivity index (χ4n) is 3.75. The Morgan fingerprint density at radius 2 is 2.20 bits per heavy atom. The van der Waals surface area contributed by atoms with Gasteiger partial charge < -0.3 is 0 Å². The van der Waals surface area contributed by atoms with Gasteiger partial charge >= 0.3 is 0 Å². The smallest absolute Gasteiger partial charge is 0.137 e. The van der Waals surface area contributed by atoms with E-state index in [0.29, 0.717) is 22.5 Å². The summed E-state index contributed by atoms with van der Waals surface area (Å²) in [6.07, 6.45) is 2.10. The van der Waals surface area contributed by atoms with E-state index in [9.17, 15) is 4.79 Å². The van der Waals surface area contributed by atoms with Gasteiger partial charge in [0.15, 0.2) is 0 Å². The summed E-state index contributed by atoms with van der Waals surface area (Å²) < 4.78 is 0. The Bertz CT molecular complexity index is 237. The molecule has 0 saturated heterocycles. The van der Waals surface area contributed by atoms with Gasteiger partial charge in [0.2, 0.25) is 0 Å². The lowest BCUT2D eigenvalue weighted by Gasteiger charge is -2.30. The average molecular weight is 136 g/mol. The number of carbonyl (C=O) groups is 1. The number of hydrogen-bond acceptors (Lipinski definition) is 1. The minimum atomic E-state index is 0.453. The van der Waals surface area contributed by atoms with Crippen LogP contribution in [0.5, 0.6) is 0 Å². The molecular formula is C9H12O. The molecule has 0 N–H and O–H groups in total. The molecular weight excluding hydrogens is 124 g/mol. The molecule has 4 atom stereocenters. The average Bonchev–Trinajstić information content (AvgIpc) is 2.05. The Kier molecular flexibility index (Phi) is 0.530. The van der Waals surface area contributed by atoms with E-state index in [0.717, 1.165) is 12.3 Å². The maximum atomic E-state index is 11.3. The minimum absolute atomic E-state index is 0.453. The fourth-order valence-corrected chi connectivity index (χ4v) is 3.75. The van der Waals surface area contributed by atoms with E-state index in [4.69, 9.17) is 0 Å². The molecule has 0 amide bonds. The van der Waals surface area contributed by atoms with Crippen LogP contribution in [0.25, 0.3) is 0 Å². The molecule has 3 fully saturated rings. The molecule has 0 aliphatic heterocycles. The van der Waals surface area contributed by atoms with Crippen LogP contribution in [-0.4, -0.2) is 5.78 Å². The molecule has 0 bridgehead atoms. The number of ketones is 1. The number of hydrogen-bond donors (Lipinski definition) is 0. The summed E-state index contributed by atoms with van der Waals surface area (Å²) >= 11 is 0. The first-order chi connectivity index (χ1) is 4.61. The second-order valence-electron chi connectivity index (χ2n) is 4.68. The summed E-state index contributed by atoms with van der Waals surface area (Å²) in [7, 11) is 0. The molecule has 54 valence electrons. The predicted octanol–water partition coefficient (Wildman–Crippen LogP) is 1.62. The van der Waals surface area contributed by atoms with Gasteiger partial charge in [-0.3, -0.25) is 4.79 Å². The van der Waals surface area contributed by atoms with Crippen molar-refractivity contribution in [3.63, 3.8) is 0 Å². The highest BCUT2D eigenvalue weighted by Crippen LogP contribution is 2.88. The van der Waals surface area contributed by atoms with Crippen molar-refractivity contribution in [2.24, 2.45) is 22.7 Å². The van der Waals surface area contributed by atoms with Crippen LogP contribution in [0, 0.1) is 22.7 Å². The summed E-state index contributed by atoms with van der Waals surface area (Å²) in [5, 5.41) is 0. The largest absolute Gasteiger partial charge is 0.299 e. The van der Waals surface area contributed by atoms with Crippen LogP contribution in [0.3, 0.4) is 0 Å². The summed E-state index contributed by atoms with van der Waals surface area (Å²) in [6, 6.07) is 0. The number of rotatable bonds is 0. The standard InChI is InChI=1S/C9H12O/c1-8-4-6(10)5-3-7(8)9(5,8)2/h5,7H,3-4H2,1-2H3/t5-,7+,8?,9?/m1/s1. The van der Waals surface area contributed by atoms with Gasteiger partial charge in [-0.25, -0.2) is 0 Å². The van der Waals surface area contributed by atoms with Crippen LogP contribution in [0.15, 0.2) is 0 Å². The number of Topliss-reactive ketones (excluding diaryl/α,β-unsaturated/α-hetero) is 1. The summed E-state index contributed by atoms with van der Waals surface area (Å²) in [4.78, 5) is 11.3. The van der Waals surface area contributed by atoms with Gasteiger partial charge in [0.05, 0.1) is 0 Å². The highest BCUT2D eigenvalue weighted by atomic mass is 16.1. The molecule has 1 heteroatoms. The monoisotopic (exact) mass is 136 g/mol. The molecule has 0 spiro atoms. The predicted molar refractivity (Wildman–Crippen MR) is 37.4 cm³/mol. The highest BCUT2D eigenvalue weighted by molar-refractivity contribution is 5.90. The Hall–Kier alpha value is -0.330. The topological polar surface area (TPSA) is 17.1 Å². The van der Waals surface area contributed by atoms with Crippen molar-refractivity contribution < 1.29 is 4.79 Å². The van der Waals surface area contributed by atoms with Crippen molar-refractivity contribution in [3.05, 3.63) is 0 Å². The first-order valence-corrected chi connectivity index (χ1v) is 4.13.